The highest BCUT2D eigenvalue weighted by atomic mass is 35.5. The molecule has 22 heavy (non-hydrogen) atoms. The van der Waals surface area contributed by atoms with E-state index in [0.29, 0.717) is 35.1 Å². The summed E-state index contributed by atoms with van der Waals surface area (Å²) in [6, 6.07) is 1.28. The van der Waals surface area contributed by atoms with Crippen molar-refractivity contribution in [3.05, 3.63) is 40.4 Å². The first kappa shape index (κ1) is 15.4. The van der Waals surface area contributed by atoms with Crippen molar-refractivity contribution in [2.75, 3.05) is 0 Å². The maximum atomic E-state index is 12.1. The van der Waals surface area contributed by atoms with Gasteiger partial charge in [-0.05, 0) is 24.8 Å². The number of carbonyl (C=O) groups is 1. The molecule has 1 aliphatic carbocycles. The molecule has 1 unspecified atom stereocenters. The maximum Gasteiger partial charge on any atom is 0.268 e. The van der Waals surface area contributed by atoms with Crippen LogP contribution in [0.4, 0.5) is 0 Å². The van der Waals surface area contributed by atoms with Crippen molar-refractivity contribution in [1.82, 2.24) is 20.1 Å². The quantitative estimate of drug-likeness (QED) is 0.795. The van der Waals surface area contributed by atoms with Gasteiger partial charge in [-0.3, -0.25) is 9.48 Å². The van der Waals surface area contributed by atoms with Gasteiger partial charge in [-0.15, -0.1) is 0 Å². The smallest absolute Gasteiger partial charge is 0.268 e. The molecule has 2 aromatic rings. The van der Waals surface area contributed by atoms with Gasteiger partial charge in [0.2, 0.25) is 0 Å². The van der Waals surface area contributed by atoms with E-state index in [1.54, 1.807) is 29.3 Å². The third-order valence-electron chi connectivity index (χ3n) is 3.88. The second-order valence-electron chi connectivity index (χ2n) is 5.60. The number of aliphatic hydroxyl groups is 1. The molecule has 0 aliphatic heterocycles. The minimum absolute atomic E-state index is 0.239. The van der Waals surface area contributed by atoms with Crippen LogP contribution in [0.15, 0.2) is 24.7 Å². The Hall–Kier alpha value is -1.50. The number of H-pyrrole nitrogens is 1. The minimum Gasteiger partial charge on any atom is -0.391 e. The molecule has 1 saturated carbocycles. The molecule has 3 N–H and O–H groups in total. The highest BCUT2D eigenvalue weighted by Gasteiger charge is 2.34. The topological polar surface area (TPSA) is 82.9 Å². The normalized spacial score (nSPS) is 24.6. The summed E-state index contributed by atoms with van der Waals surface area (Å²) in [4.78, 5) is 14.9. The third-order valence-corrected chi connectivity index (χ3v) is 4.30. The number of hydrogen-bond donors (Lipinski definition) is 3. The average molecular weight is 343 g/mol. The lowest BCUT2D eigenvalue weighted by Crippen LogP contribution is -2.40. The molecule has 1 aliphatic rings. The van der Waals surface area contributed by atoms with Crippen molar-refractivity contribution >= 4 is 29.1 Å². The molecule has 0 spiro atoms. The second kappa shape index (κ2) is 6.32. The molecule has 2 aromatic heterocycles. The number of aromatic amines is 1. The van der Waals surface area contributed by atoms with E-state index < -0.39 is 6.10 Å². The van der Waals surface area contributed by atoms with Gasteiger partial charge in [0.25, 0.3) is 5.91 Å². The summed E-state index contributed by atoms with van der Waals surface area (Å²) in [7, 11) is 0. The van der Waals surface area contributed by atoms with Crippen LogP contribution >= 0.6 is 23.2 Å². The van der Waals surface area contributed by atoms with Gasteiger partial charge >= 0.3 is 0 Å². The predicted octanol–water partition coefficient (Wildman–Crippen LogP) is 2.09. The van der Waals surface area contributed by atoms with Crippen LogP contribution in [0.5, 0.6) is 0 Å². The maximum absolute atomic E-state index is 12.1. The van der Waals surface area contributed by atoms with Gasteiger partial charge in [0, 0.05) is 18.9 Å². The van der Waals surface area contributed by atoms with Crippen LogP contribution in [0.2, 0.25) is 10.0 Å². The fourth-order valence-electron chi connectivity index (χ4n) is 2.87. The molecule has 1 amide bonds. The van der Waals surface area contributed by atoms with E-state index in [9.17, 15) is 9.90 Å². The summed E-state index contributed by atoms with van der Waals surface area (Å²) < 4.78 is 1.76. The van der Waals surface area contributed by atoms with Crippen molar-refractivity contribution in [3.8, 4) is 0 Å². The Morgan fingerprint density at radius 3 is 2.91 bits per heavy atom. The number of amides is 1. The zero-order valence-electron chi connectivity index (χ0n) is 11.7. The van der Waals surface area contributed by atoms with Gasteiger partial charge in [-0.1, -0.05) is 23.2 Å². The third kappa shape index (κ3) is 3.45. The number of carbonyl (C=O) groups excluding carboxylic acids is 1. The van der Waals surface area contributed by atoms with Gasteiger partial charge in [0.1, 0.15) is 5.69 Å². The Labute approximate surface area is 137 Å². The number of nitrogens with one attached hydrogen (secondary N) is 2. The number of hydrogen-bond acceptors (Lipinski definition) is 3. The van der Waals surface area contributed by atoms with Crippen LogP contribution < -0.4 is 5.32 Å². The first-order chi connectivity index (χ1) is 10.5. The SMILES string of the molecule is O=C(N[C@@H]1CC(Cn2cc(Cl)cn2)C[C@H]1O)c1cc(Cl)c[nH]1. The van der Waals surface area contributed by atoms with Gasteiger partial charge in [0.15, 0.2) is 0 Å². The summed E-state index contributed by atoms with van der Waals surface area (Å²) in [5.74, 6) is -0.0257. The summed E-state index contributed by atoms with van der Waals surface area (Å²) >= 11 is 11.6. The van der Waals surface area contributed by atoms with E-state index >= 15 is 0 Å². The van der Waals surface area contributed by atoms with Crippen LogP contribution in [0, 0.1) is 5.92 Å². The summed E-state index contributed by atoms with van der Waals surface area (Å²) in [6.45, 7) is 0.671. The van der Waals surface area contributed by atoms with Crippen LogP contribution in [0.3, 0.4) is 0 Å². The number of halogens is 2. The Morgan fingerprint density at radius 1 is 1.45 bits per heavy atom. The molecule has 0 bridgehead atoms. The van der Waals surface area contributed by atoms with E-state index in [1.165, 1.54) is 0 Å². The monoisotopic (exact) mass is 342 g/mol. The van der Waals surface area contributed by atoms with E-state index in [1.807, 2.05) is 0 Å². The van der Waals surface area contributed by atoms with Crippen LogP contribution in [-0.4, -0.2) is 37.9 Å². The number of aromatic nitrogens is 3. The first-order valence-electron chi connectivity index (χ1n) is 7.02. The van der Waals surface area contributed by atoms with Gasteiger partial charge < -0.3 is 15.4 Å². The zero-order valence-corrected chi connectivity index (χ0v) is 13.2. The van der Waals surface area contributed by atoms with Crippen molar-refractivity contribution in [3.63, 3.8) is 0 Å². The number of nitrogens with zero attached hydrogens (tertiary/aromatic N) is 2. The van der Waals surface area contributed by atoms with Crippen molar-refractivity contribution < 1.29 is 9.90 Å². The summed E-state index contributed by atoms with van der Waals surface area (Å²) in [5, 5.41) is 18.2. The fourth-order valence-corrected chi connectivity index (χ4v) is 3.19. The molecule has 0 saturated heterocycles. The van der Waals surface area contributed by atoms with E-state index in [-0.39, 0.29) is 17.9 Å². The van der Waals surface area contributed by atoms with Crippen LogP contribution in [0.25, 0.3) is 0 Å². The molecule has 118 valence electrons. The lowest BCUT2D eigenvalue weighted by Gasteiger charge is -2.15. The summed E-state index contributed by atoms with van der Waals surface area (Å²) in [6.07, 6.45) is 5.63. The highest BCUT2D eigenvalue weighted by Crippen LogP contribution is 2.28. The lowest BCUT2D eigenvalue weighted by atomic mass is 10.1. The molecule has 2 heterocycles. The van der Waals surface area contributed by atoms with Gasteiger partial charge in [-0.2, -0.15) is 5.10 Å². The second-order valence-corrected chi connectivity index (χ2v) is 6.47. The molecule has 0 aromatic carbocycles. The molecule has 1 fully saturated rings. The zero-order chi connectivity index (χ0) is 15.7. The lowest BCUT2D eigenvalue weighted by molar-refractivity contribution is 0.0868. The minimum atomic E-state index is -0.564. The molecular weight excluding hydrogens is 327 g/mol. The van der Waals surface area contributed by atoms with E-state index in [4.69, 9.17) is 23.2 Å². The first-order valence-corrected chi connectivity index (χ1v) is 7.77. The Morgan fingerprint density at radius 2 is 2.27 bits per heavy atom. The van der Waals surface area contributed by atoms with E-state index in [2.05, 4.69) is 15.4 Å². The number of rotatable bonds is 4. The van der Waals surface area contributed by atoms with E-state index in [0.717, 1.165) is 0 Å². The van der Waals surface area contributed by atoms with Crippen molar-refractivity contribution in [2.24, 2.45) is 5.92 Å². The average Bonchev–Trinajstić information content (AvgIpc) is 3.13. The van der Waals surface area contributed by atoms with Crippen molar-refractivity contribution in [1.29, 1.82) is 0 Å². The molecule has 8 heteroatoms. The molecule has 0 radical (unpaired) electrons. The standard InChI is InChI=1S/C14H16Cl2N4O2/c15-9-3-12(17-4-9)14(22)19-11-1-8(2-13(11)21)6-20-7-10(16)5-18-20/h3-5,7-8,11,13,17,21H,1-2,6H2,(H,19,22)/t8?,11-,13-/m1/s1. The molecule has 3 rings (SSSR count). The fraction of sp³-hybridized carbons (Fsp3) is 0.429. The molecule has 6 nitrogen and oxygen atoms in total. The van der Waals surface area contributed by atoms with Gasteiger partial charge in [0.05, 0.1) is 28.4 Å². The Balaban J connectivity index is 1.57. The van der Waals surface area contributed by atoms with Crippen LogP contribution in [-0.2, 0) is 6.54 Å². The molecule has 3 atom stereocenters. The predicted molar refractivity (Wildman–Crippen MR) is 83.0 cm³/mol. The highest BCUT2D eigenvalue weighted by molar-refractivity contribution is 6.31. The largest absolute Gasteiger partial charge is 0.391 e. The van der Waals surface area contributed by atoms with Crippen molar-refractivity contribution in [2.45, 2.75) is 31.5 Å². The Kier molecular flexibility index (Phi) is 4.42. The Bertz CT molecular complexity index is 669. The number of aliphatic hydroxyl groups excluding tert-OH is 1. The van der Waals surface area contributed by atoms with Gasteiger partial charge in [-0.25, -0.2) is 0 Å². The molecular formula is C14H16Cl2N4O2. The summed E-state index contributed by atoms with van der Waals surface area (Å²) in [5.41, 5.74) is 0.388. The van der Waals surface area contributed by atoms with Crippen LogP contribution in [0.1, 0.15) is 23.3 Å².